The lowest BCUT2D eigenvalue weighted by atomic mass is 9.92. The first-order chi connectivity index (χ1) is 23.5. The van der Waals surface area contributed by atoms with Crippen molar-refractivity contribution in [2.45, 2.75) is 70.8 Å². The summed E-state index contributed by atoms with van der Waals surface area (Å²) in [6.45, 7) is 5.92. The van der Waals surface area contributed by atoms with E-state index in [0.717, 1.165) is 38.5 Å². The number of carbonyl (C=O) groups is 3. The van der Waals surface area contributed by atoms with Crippen molar-refractivity contribution in [3.05, 3.63) is 121 Å². The van der Waals surface area contributed by atoms with E-state index >= 15 is 0 Å². The highest BCUT2D eigenvalue weighted by Crippen LogP contribution is 2.34. The Balaban J connectivity index is 1.37. The Morgan fingerprint density at radius 2 is 1.21 bits per heavy atom. The Bertz CT molecular complexity index is 1290. The lowest BCUT2D eigenvalue weighted by Gasteiger charge is -2.23. The smallest absolute Gasteiger partial charge is 0.286 e. The van der Waals surface area contributed by atoms with Gasteiger partial charge in [-0.15, -0.1) is 0 Å². The van der Waals surface area contributed by atoms with Gasteiger partial charge < -0.3 is 24.8 Å². The van der Waals surface area contributed by atoms with Gasteiger partial charge in [-0.1, -0.05) is 110 Å². The number of rotatable bonds is 25. The van der Waals surface area contributed by atoms with Gasteiger partial charge >= 0.3 is 0 Å². The van der Waals surface area contributed by atoms with Crippen molar-refractivity contribution in [3.8, 4) is 0 Å². The number of amides is 2. The fraction of sp³-hybridized carbons (Fsp3) is 0.425. The second-order valence-corrected chi connectivity index (χ2v) is 11.2. The van der Waals surface area contributed by atoms with E-state index in [9.17, 15) is 14.4 Å². The van der Waals surface area contributed by atoms with E-state index in [1.807, 2.05) is 24.3 Å². The molecule has 8 heteroatoms. The maximum Gasteiger partial charge on any atom is 0.286 e. The average molecular weight is 659 g/mol. The molecule has 0 fully saturated rings. The van der Waals surface area contributed by atoms with Crippen LogP contribution in [0.1, 0.15) is 70.8 Å². The Hall–Kier alpha value is -4.27. The Morgan fingerprint density at radius 3 is 1.75 bits per heavy atom. The molecule has 2 rings (SSSR count). The van der Waals surface area contributed by atoms with Crippen LogP contribution < -0.4 is 10.6 Å². The summed E-state index contributed by atoms with van der Waals surface area (Å²) < 4.78 is 16.7. The Labute approximate surface area is 287 Å². The second-order valence-electron chi connectivity index (χ2n) is 11.2. The van der Waals surface area contributed by atoms with Gasteiger partial charge in [0.25, 0.3) is 5.91 Å². The molecule has 2 amide bonds. The fourth-order valence-electron chi connectivity index (χ4n) is 4.48. The van der Waals surface area contributed by atoms with Crippen LogP contribution in [0.3, 0.4) is 0 Å². The van der Waals surface area contributed by atoms with Crippen molar-refractivity contribution in [2.24, 2.45) is 0 Å². The monoisotopic (exact) mass is 658 g/mol. The third kappa shape index (κ3) is 17.6. The predicted octanol–water partition coefficient (Wildman–Crippen LogP) is 7.13. The van der Waals surface area contributed by atoms with E-state index in [0.29, 0.717) is 44.8 Å². The van der Waals surface area contributed by atoms with Crippen LogP contribution in [0.15, 0.2) is 115 Å². The molecule has 48 heavy (non-hydrogen) atoms. The van der Waals surface area contributed by atoms with Gasteiger partial charge in [0.15, 0.2) is 11.4 Å². The number of allylic oxidation sites excluding steroid dienone is 12. The number of benzene rings is 1. The van der Waals surface area contributed by atoms with Gasteiger partial charge in [0.1, 0.15) is 0 Å². The number of carbonyl (C=O) groups excluding carboxylic acids is 3. The highest BCUT2D eigenvalue weighted by Gasteiger charge is 2.43. The van der Waals surface area contributed by atoms with Gasteiger partial charge in [-0.2, -0.15) is 0 Å². The summed E-state index contributed by atoms with van der Waals surface area (Å²) in [7, 11) is 0. The molecule has 0 aromatic heterocycles. The van der Waals surface area contributed by atoms with E-state index in [2.05, 4.69) is 84.4 Å². The molecule has 0 aliphatic carbocycles. The SMILES string of the molecule is CC/C=C\C/C=C\C/C=C\C/C=C\C/C=C\C/C=C\CCC(=O)NCCOCCOCCNC(=O)C1=CC(=O)C(C)(c2ccccc2)O1. The van der Waals surface area contributed by atoms with Crippen molar-refractivity contribution in [2.75, 3.05) is 39.5 Å². The van der Waals surface area contributed by atoms with Crippen LogP contribution in [0.5, 0.6) is 0 Å². The van der Waals surface area contributed by atoms with E-state index < -0.39 is 11.5 Å². The summed E-state index contributed by atoms with van der Waals surface area (Å²) in [4.78, 5) is 36.9. The maximum atomic E-state index is 12.5. The van der Waals surface area contributed by atoms with Crippen molar-refractivity contribution in [3.63, 3.8) is 0 Å². The summed E-state index contributed by atoms with van der Waals surface area (Å²) >= 11 is 0. The molecule has 1 aromatic carbocycles. The van der Waals surface area contributed by atoms with Crippen LogP contribution in [0.2, 0.25) is 0 Å². The summed E-state index contributed by atoms with van der Waals surface area (Å²) in [6.07, 6.45) is 34.2. The number of hydrogen-bond donors (Lipinski definition) is 2. The Morgan fingerprint density at radius 1 is 0.708 bits per heavy atom. The highest BCUT2D eigenvalue weighted by molar-refractivity contribution is 6.07. The first-order valence-corrected chi connectivity index (χ1v) is 17.1. The maximum absolute atomic E-state index is 12.5. The molecule has 260 valence electrons. The van der Waals surface area contributed by atoms with Crippen LogP contribution in [0, 0.1) is 0 Å². The fourth-order valence-corrected chi connectivity index (χ4v) is 4.48. The molecule has 8 nitrogen and oxygen atoms in total. The van der Waals surface area contributed by atoms with Crippen LogP contribution in [0.4, 0.5) is 0 Å². The van der Waals surface area contributed by atoms with Gasteiger partial charge in [0.2, 0.25) is 11.7 Å². The number of ketones is 1. The van der Waals surface area contributed by atoms with Gasteiger partial charge in [0.05, 0.1) is 26.4 Å². The molecule has 0 saturated carbocycles. The summed E-state index contributed by atoms with van der Waals surface area (Å²) in [5.74, 6) is -0.737. The zero-order valence-corrected chi connectivity index (χ0v) is 28.7. The topological polar surface area (TPSA) is 103 Å². The van der Waals surface area contributed by atoms with Crippen molar-refractivity contribution >= 4 is 17.6 Å². The molecule has 2 N–H and O–H groups in total. The van der Waals surface area contributed by atoms with Crippen molar-refractivity contribution < 1.29 is 28.6 Å². The zero-order chi connectivity index (χ0) is 34.5. The lowest BCUT2D eigenvalue weighted by molar-refractivity contribution is -0.132. The van der Waals surface area contributed by atoms with E-state index in [4.69, 9.17) is 14.2 Å². The van der Waals surface area contributed by atoms with Gasteiger partial charge in [-0.3, -0.25) is 14.4 Å². The first kappa shape index (κ1) is 39.9. The van der Waals surface area contributed by atoms with Crippen molar-refractivity contribution in [1.29, 1.82) is 0 Å². The summed E-state index contributed by atoms with van der Waals surface area (Å²) in [5.41, 5.74) is -0.506. The Kier molecular flexibility index (Phi) is 21.4. The van der Waals surface area contributed by atoms with E-state index in [1.54, 1.807) is 19.1 Å². The molecule has 1 aliphatic rings. The summed E-state index contributed by atoms with van der Waals surface area (Å²) in [5, 5.41) is 5.55. The molecule has 1 aliphatic heterocycles. The second kappa shape index (κ2) is 25.8. The third-order valence-electron chi connectivity index (χ3n) is 7.20. The number of nitrogens with one attached hydrogen (secondary N) is 2. The lowest BCUT2D eigenvalue weighted by Crippen LogP contribution is -2.33. The highest BCUT2D eigenvalue weighted by atomic mass is 16.5. The zero-order valence-electron chi connectivity index (χ0n) is 28.7. The van der Waals surface area contributed by atoms with Crippen LogP contribution in [-0.4, -0.2) is 57.1 Å². The van der Waals surface area contributed by atoms with E-state index in [1.165, 1.54) is 6.08 Å². The molecule has 0 bridgehead atoms. The molecule has 0 radical (unpaired) electrons. The third-order valence-corrected chi connectivity index (χ3v) is 7.20. The van der Waals surface area contributed by atoms with Crippen molar-refractivity contribution in [1.82, 2.24) is 10.6 Å². The minimum absolute atomic E-state index is 0.00254. The number of hydrogen-bond acceptors (Lipinski definition) is 6. The molecule has 1 aromatic rings. The molecule has 0 saturated heterocycles. The average Bonchev–Trinajstić information content (AvgIpc) is 3.41. The number of ether oxygens (including phenoxy) is 3. The largest absolute Gasteiger partial charge is 0.469 e. The molecule has 1 unspecified atom stereocenters. The van der Waals surface area contributed by atoms with Gasteiger partial charge in [-0.05, 0) is 51.9 Å². The summed E-state index contributed by atoms with van der Waals surface area (Å²) in [6, 6.07) is 9.09. The molecule has 0 spiro atoms. The quantitative estimate of drug-likeness (QED) is 0.0856. The minimum atomic E-state index is -1.20. The van der Waals surface area contributed by atoms with Gasteiger partial charge in [-0.25, -0.2) is 0 Å². The minimum Gasteiger partial charge on any atom is -0.469 e. The predicted molar refractivity (Wildman–Crippen MR) is 193 cm³/mol. The van der Waals surface area contributed by atoms with E-state index in [-0.39, 0.29) is 30.6 Å². The first-order valence-electron chi connectivity index (χ1n) is 17.1. The van der Waals surface area contributed by atoms with Crippen LogP contribution in [-0.2, 0) is 34.2 Å². The standard InChI is InChI=1S/C40H54N2O6/c1-3-4-5-6-7-8-9-10-11-12-13-14-15-16-17-18-19-20-24-27-38(44)41-28-30-46-32-33-47-31-29-42-39(45)36-34-37(43)40(2,48-36)35-25-22-21-23-26-35/h4-5,7-8,10-11,13-14,16-17,19-23,25-26,34H,3,6,9,12,15,18,24,27-33H2,1-2H3,(H,41,44)(H,42,45)/b5-4-,8-7-,11-10-,14-13-,17-16-,20-19-. The molecule has 1 heterocycles. The van der Waals surface area contributed by atoms with Gasteiger partial charge in [0, 0.05) is 31.1 Å². The van der Waals surface area contributed by atoms with Crippen LogP contribution >= 0.6 is 0 Å². The normalized spacial score (nSPS) is 16.7. The van der Waals surface area contributed by atoms with Crippen LogP contribution in [0.25, 0.3) is 0 Å². The molecular weight excluding hydrogens is 604 g/mol. The molecular formula is C40H54N2O6. The molecule has 1 atom stereocenters.